The lowest BCUT2D eigenvalue weighted by Crippen LogP contribution is -2.39. The van der Waals surface area contributed by atoms with E-state index in [-0.39, 0.29) is 6.04 Å². The molecule has 7 heteroatoms. The van der Waals surface area contributed by atoms with E-state index in [4.69, 9.17) is 9.47 Å². The third-order valence-corrected chi connectivity index (χ3v) is 5.43. The summed E-state index contributed by atoms with van der Waals surface area (Å²) in [5, 5.41) is 7.95. The van der Waals surface area contributed by atoms with E-state index in [2.05, 4.69) is 40.5 Å². The number of aromatic nitrogens is 1. The Labute approximate surface area is 172 Å². The number of hydrogen-bond acceptors (Lipinski definition) is 5. The minimum Gasteiger partial charge on any atom is -0.490 e. The monoisotopic (exact) mass is 404 g/mol. The van der Waals surface area contributed by atoms with E-state index in [0.29, 0.717) is 13.2 Å². The van der Waals surface area contributed by atoms with Crippen LogP contribution in [0.2, 0.25) is 0 Å². The summed E-state index contributed by atoms with van der Waals surface area (Å²) in [5.74, 6) is 2.32. The molecule has 0 saturated heterocycles. The van der Waals surface area contributed by atoms with Gasteiger partial charge < -0.3 is 20.1 Å². The molecule has 0 bridgehead atoms. The van der Waals surface area contributed by atoms with E-state index in [1.807, 2.05) is 32.2 Å². The minimum absolute atomic E-state index is 0.0765. The third-order valence-electron chi connectivity index (χ3n) is 4.23. The molecule has 1 aromatic heterocycles. The van der Waals surface area contributed by atoms with Crippen LogP contribution in [0.3, 0.4) is 0 Å². The van der Waals surface area contributed by atoms with E-state index >= 15 is 0 Å². The number of hydrogen-bond donors (Lipinski definition) is 2. The van der Waals surface area contributed by atoms with E-state index < -0.39 is 0 Å². The van der Waals surface area contributed by atoms with Crippen molar-refractivity contribution in [3.63, 3.8) is 0 Å². The van der Waals surface area contributed by atoms with Gasteiger partial charge in [0.05, 0.1) is 24.3 Å². The Kier molecular flexibility index (Phi) is 9.07. The van der Waals surface area contributed by atoms with Crippen LogP contribution in [0.1, 0.15) is 49.2 Å². The number of nitrogens with zero attached hydrogens (tertiary/aromatic N) is 2. The van der Waals surface area contributed by atoms with Gasteiger partial charge in [0.2, 0.25) is 0 Å². The van der Waals surface area contributed by atoms with Gasteiger partial charge in [-0.15, -0.1) is 11.3 Å². The van der Waals surface area contributed by atoms with Crippen LogP contribution in [0, 0.1) is 0 Å². The Hall–Kier alpha value is -2.28. The zero-order chi connectivity index (χ0) is 20.4. The SMILES string of the molecule is CCOc1ccc(C(C)NC(=NC)NCCc2ncc(CC)s2)cc1OCC. The first kappa shape index (κ1) is 22.0. The zero-order valence-corrected chi connectivity index (χ0v) is 18.4. The second-order valence-electron chi connectivity index (χ2n) is 6.26. The van der Waals surface area contributed by atoms with Crippen molar-refractivity contribution in [3.8, 4) is 11.5 Å². The highest BCUT2D eigenvalue weighted by Crippen LogP contribution is 2.30. The molecule has 2 aromatic rings. The number of rotatable bonds is 10. The molecule has 1 atom stereocenters. The van der Waals surface area contributed by atoms with Crippen molar-refractivity contribution in [1.82, 2.24) is 15.6 Å². The maximum atomic E-state index is 5.73. The molecular formula is C21H32N4O2S. The Bertz CT molecular complexity index is 761. The summed E-state index contributed by atoms with van der Waals surface area (Å²) in [5.41, 5.74) is 1.11. The molecule has 0 aliphatic heterocycles. The van der Waals surface area contributed by atoms with Crippen molar-refractivity contribution in [2.45, 2.75) is 46.6 Å². The molecule has 1 aromatic carbocycles. The number of aliphatic imine (C=N–C) groups is 1. The van der Waals surface area contributed by atoms with Crippen LogP contribution in [-0.2, 0) is 12.8 Å². The maximum Gasteiger partial charge on any atom is 0.191 e. The molecule has 0 aliphatic carbocycles. The lowest BCUT2D eigenvalue weighted by Gasteiger charge is -2.20. The third kappa shape index (κ3) is 6.41. The van der Waals surface area contributed by atoms with Gasteiger partial charge in [-0.05, 0) is 44.9 Å². The lowest BCUT2D eigenvalue weighted by atomic mass is 10.1. The van der Waals surface area contributed by atoms with Crippen molar-refractivity contribution >= 4 is 17.3 Å². The Morgan fingerprint density at radius 3 is 2.57 bits per heavy atom. The van der Waals surface area contributed by atoms with Gasteiger partial charge >= 0.3 is 0 Å². The second kappa shape index (κ2) is 11.5. The Morgan fingerprint density at radius 1 is 1.18 bits per heavy atom. The van der Waals surface area contributed by atoms with Gasteiger partial charge in [0.15, 0.2) is 17.5 Å². The largest absolute Gasteiger partial charge is 0.490 e. The summed E-state index contributed by atoms with van der Waals surface area (Å²) in [7, 11) is 1.78. The highest BCUT2D eigenvalue weighted by Gasteiger charge is 2.12. The van der Waals surface area contributed by atoms with Gasteiger partial charge in [-0.3, -0.25) is 4.99 Å². The molecule has 0 saturated carbocycles. The molecule has 2 rings (SSSR count). The van der Waals surface area contributed by atoms with Crippen LogP contribution in [0.25, 0.3) is 0 Å². The summed E-state index contributed by atoms with van der Waals surface area (Å²) in [6, 6.07) is 6.13. The standard InChI is InChI=1S/C21H32N4O2S/c1-6-17-14-24-20(28-17)11-12-23-21(22-5)25-15(4)16-9-10-18(26-7-2)19(13-16)27-8-3/h9-10,13-15H,6-8,11-12H2,1-5H3,(H2,22,23,25). The normalized spacial score (nSPS) is 12.5. The van der Waals surface area contributed by atoms with Crippen LogP contribution in [-0.4, -0.2) is 37.7 Å². The van der Waals surface area contributed by atoms with Crippen LogP contribution >= 0.6 is 11.3 Å². The smallest absolute Gasteiger partial charge is 0.191 e. The first-order valence-electron chi connectivity index (χ1n) is 9.91. The van der Waals surface area contributed by atoms with Gasteiger partial charge in [-0.2, -0.15) is 0 Å². The van der Waals surface area contributed by atoms with Crippen LogP contribution in [0.5, 0.6) is 11.5 Å². The average Bonchev–Trinajstić information content (AvgIpc) is 3.16. The van der Waals surface area contributed by atoms with E-state index in [9.17, 15) is 0 Å². The first-order chi connectivity index (χ1) is 13.6. The van der Waals surface area contributed by atoms with Crippen molar-refractivity contribution in [2.24, 2.45) is 4.99 Å². The quantitative estimate of drug-likeness (QED) is 0.463. The second-order valence-corrected chi connectivity index (χ2v) is 7.46. The number of aryl methyl sites for hydroxylation is 1. The highest BCUT2D eigenvalue weighted by atomic mass is 32.1. The number of benzene rings is 1. The molecule has 154 valence electrons. The van der Waals surface area contributed by atoms with E-state index in [1.54, 1.807) is 18.4 Å². The summed E-state index contributed by atoms with van der Waals surface area (Å²) in [6.07, 6.45) is 3.89. The van der Waals surface area contributed by atoms with Crippen LogP contribution < -0.4 is 20.1 Å². The predicted molar refractivity (Wildman–Crippen MR) is 117 cm³/mol. The fourth-order valence-corrected chi connectivity index (χ4v) is 3.60. The van der Waals surface area contributed by atoms with Gasteiger partial charge in [0.25, 0.3) is 0 Å². The van der Waals surface area contributed by atoms with Crippen molar-refractivity contribution in [2.75, 3.05) is 26.8 Å². The Balaban J connectivity index is 1.93. The van der Waals surface area contributed by atoms with Gasteiger partial charge in [-0.25, -0.2) is 4.98 Å². The fraction of sp³-hybridized carbons (Fsp3) is 0.524. The van der Waals surface area contributed by atoms with Gasteiger partial charge in [-0.1, -0.05) is 13.0 Å². The number of ether oxygens (including phenoxy) is 2. The number of guanidine groups is 1. The fourth-order valence-electron chi connectivity index (χ4n) is 2.73. The maximum absolute atomic E-state index is 5.73. The van der Waals surface area contributed by atoms with Gasteiger partial charge in [0.1, 0.15) is 0 Å². The number of thiazole rings is 1. The molecule has 0 radical (unpaired) electrons. The molecule has 1 heterocycles. The molecule has 0 aliphatic rings. The summed E-state index contributed by atoms with van der Waals surface area (Å²) in [4.78, 5) is 10.1. The molecule has 6 nitrogen and oxygen atoms in total. The number of nitrogens with one attached hydrogen (secondary N) is 2. The predicted octanol–water partition coefficient (Wildman–Crippen LogP) is 3.97. The zero-order valence-electron chi connectivity index (χ0n) is 17.5. The molecule has 0 spiro atoms. The summed E-state index contributed by atoms with van der Waals surface area (Å²) in [6.45, 7) is 10.2. The molecule has 0 fully saturated rings. The van der Waals surface area contributed by atoms with E-state index in [0.717, 1.165) is 47.4 Å². The van der Waals surface area contributed by atoms with E-state index in [1.165, 1.54) is 4.88 Å². The average molecular weight is 405 g/mol. The molecule has 2 N–H and O–H groups in total. The van der Waals surface area contributed by atoms with Crippen LogP contribution in [0.15, 0.2) is 29.4 Å². The van der Waals surface area contributed by atoms with Crippen molar-refractivity contribution in [3.05, 3.63) is 39.8 Å². The highest BCUT2D eigenvalue weighted by molar-refractivity contribution is 7.11. The first-order valence-corrected chi connectivity index (χ1v) is 10.7. The van der Waals surface area contributed by atoms with Crippen molar-refractivity contribution < 1.29 is 9.47 Å². The van der Waals surface area contributed by atoms with Gasteiger partial charge in [0, 0.05) is 31.1 Å². The Morgan fingerprint density at radius 2 is 1.93 bits per heavy atom. The molecule has 28 heavy (non-hydrogen) atoms. The molecule has 1 unspecified atom stereocenters. The van der Waals surface area contributed by atoms with Crippen LogP contribution in [0.4, 0.5) is 0 Å². The molecule has 0 amide bonds. The molecular weight excluding hydrogens is 372 g/mol. The lowest BCUT2D eigenvalue weighted by molar-refractivity contribution is 0.287. The van der Waals surface area contributed by atoms with Crippen molar-refractivity contribution in [1.29, 1.82) is 0 Å². The summed E-state index contributed by atoms with van der Waals surface area (Å²) < 4.78 is 11.4. The topological polar surface area (TPSA) is 67.8 Å². The minimum atomic E-state index is 0.0765. The summed E-state index contributed by atoms with van der Waals surface area (Å²) >= 11 is 1.78.